The van der Waals surface area contributed by atoms with Gasteiger partial charge in [0.05, 0.1) is 5.60 Å². The molecule has 0 aliphatic carbocycles. The summed E-state index contributed by atoms with van der Waals surface area (Å²) in [5, 5.41) is 10.5. The van der Waals surface area contributed by atoms with Gasteiger partial charge in [-0.1, -0.05) is 47.5 Å². The van der Waals surface area contributed by atoms with E-state index in [1.54, 1.807) is 0 Å². The molecular formula is C12H26O. The topological polar surface area (TPSA) is 20.2 Å². The van der Waals surface area contributed by atoms with Crippen molar-refractivity contribution in [3.05, 3.63) is 0 Å². The SMILES string of the molecule is CCCC(O)(CCC)C(C)(C)CC. The first kappa shape index (κ1) is 13.0. The van der Waals surface area contributed by atoms with Gasteiger partial charge in [-0.3, -0.25) is 0 Å². The lowest BCUT2D eigenvalue weighted by Crippen LogP contribution is -2.44. The number of rotatable bonds is 6. The maximum absolute atomic E-state index is 10.5. The Labute approximate surface area is 83.5 Å². The molecule has 1 N–H and O–H groups in total. The molecule has 13 heavy (non-hydrogen) atoms. The minimum absolute atomic E-state index is 0.0546. The molecule has 0 fully saturated rings. The molecular weight excluding hydrogens is 160 g/mol. The quantitative estimate of drug-likeness (QED) is 0.669. The van der Waals surface area contributed by atoms with Crippen molar-refractivity contribution in [3.63, 3.8) is 0 Å². The molecule has 0 atom stereocenters. The number of hydrogen-bond acceptors (Lipinski definition) is 1. The summed E-state index contributed by atoms with van der Waals surface area (Å²) in [4.78, 5) is 0. The predicted molar refractivity (Wildman–Crippen MR) is 58.8 cm³/mol. The Morgan fingerprint density at radius 1 is 0.923 bits per heavy atom. The zero-order chi connectivity index (χ0) is 10.5. The fraction of sp³-hybridized carbons (Fsp3) is 1.00. The van der Waals surface area contributed by atoms with Gasteiger partial charge < -0.3 is 5.11 Å². The summed E-state index contributed by atoms with van der Waals surface area (Å²) in [6, 6.07) is 0. The Bertz CT molecular complexity index is 132. The van der Waals surface area contributed by atoms with Crippen LogP contribution in [-0.4, -0.2) is 10.7 Å². The largest absolute Gasteiger partial charge is 0.389 e. The summed E-state index contributed by atoms with van der Waals surface area (Å²) < 4.78 is 0. The van der Waals surface area contributed by atoms with Crippen molar-refractivity contribution < 1.29 is 5.11 Å². The van der Waals surface area contributed by atoms with E-state index >= 15 is 0 Å². The molecule has 0 aliphatic heterocycles. The second-order valence-electron chi connectivity index (χ2n) is 4.77. The van der Waals surface area contributed by atoms with Gasteiger partial charge in [0.15, 0.2) is 0 Å². The Kier molecular flexibility index (Phi) is 4.98. The van der Waals surface area contributed by atoms with Crippen LogP contribution in [0.1, 0.15) is 66.7 Å². The van der Waals surface area contributed by atoms with Crippen molar-refractivity contribution in [2.24, 2.45) is 5.41 Å². The van der Waals surface area contributed by atoms with Gasteiger partial charge in [-0.25, -0.2) is 0 Å². The van der Waals surface area contributed by atoms with Gasteiger partial charge in [0.25, 0.3) is 0 Å². The molecule has 80 valence electrons. The van der Waals surface area contributed by atoms with Crippen LogP contribution in [0.25, 0.3) is 0 Å². The van der Waals surface area contributed by atoms with E-state index in [9.17, 15) is 5.11 Å². The second-order valence-corrected chi connectivity index (χ2v) is 4.77. The summed E-state index contributed by atoms with van der Waals surface area (Å²) >= 11 is 0. The van der Waals surface area contributed by atoms with E-state index in [-0.39, 0.29) is 5.41 Å². The molecule has 0 amide bonds. The highest BCUT2D eigenvalue weighted by molar-refractivity contribution is 4.91. The van der Waals surface area contributed by atoms with Crippen LogP contribution in [0, 0.1) is 5.41 Å². The lowest BCUT2D eigenvalue weighted by molar-refractivity contribution is -0.0828. The van der Waals surface area contributed by atoms with Gasteiger partial charge in [0.2, 0.25) is 0 Å². The molecule has 0 unspecified atom stereocenters. The lowest BCUT2D eigenvalue weighted by Gasteiger charge is -2.42. The highest BCUT2D eigenvalue weighted by Crippen LogP contribution is 2.40. The van der Waals surface area contributed by atoms with Gasteiger partial charge in [-0.05, 0) is 24.7 Å². The summed E-state index contributed by atoms with van der Waals surface area (Å²) in [5.41, 5.74) is -0.399. The highest BCUT2D eigenvalue weighted by atomic mass is 16.3. The van der Waals surface area contributed by atoms with Crippen LogP contribution in [0.15, 0.2) is 0 Å². The van der Waals surface area contributed by atoms with Crippen LogP contribution < -0.4 is 0 Å². The van der Waals surface area contributed by atoms with Crippen LogP contribution in [0.4, 0.5) is 0 Å². The van der Waals surface area contributed by atoms with E-state index < -0.39 is 5.60 Å². The highest BCUT2D eigenvalue weighted by Gasteiger charge is 2.40. The maximum atomic E-state index is 10.5. The smallest absolute Gasteiger partial charge is 0.0698 e. The molecule has 1 heteroatoms. The van der Waals surface area contributed by atoms with E-state index in [1.165, 1.54) is 0 Å². The molecule has 0 aromatic carbocycles. The van der Waals surface area contributed by atoms with E-state index in [0.29, 0.717) is 0 Å². The fourth-order valence-electron chi connectivity index (χ4n) is 1.96. The van der Waals surface area contributed by atoms with Gasteiger partial charge in [-0.2, -0.15) is 0 Å². The van der Waals surface area contributed by atoms with E-state index in [4.69, 9.17) is 0 Å². The maximum Gasteiger partial charge on any atom is 0.0698 e. The molecule has 0 radical (unpaired) electrons. The summed E-state index contributed by atoms with van der Waals surface area (Å²) in [7, 11) is 0. The lowest BCUT2D eigenvalue weighted by atomic mass is 9.68. The zero-order valence-electron chi connectivity index (χ0n) is 9.98. The Balaban J connectivity index is 4.55. The molecule has 0 saturated carbocycles. The molecule has 0 heterocycles. The normalized spacial score (nSPS) is 13.4. The van der Waals surface area contributed by atoms with Crippen molar-refractivity contribution in [1.29, 1.82) is 0 Å². The molecule has 0 aromatic rings. The van der Waals surface area contributed by atoms with Crippen molar-refractivity contribution in [1.82, 2.24) is 0 Å². The third-order valence-corrected chi connectivity index (χ3v) is 3.47. The van der Waals surface area contributed by atoms with Crippen LogP contribution in [0.5, 0.6) is 0 Å². The van der Waals surface area contributed by atoms with Crippen molar-refractivity contribution >= 4 is 0 Å². The summed E-state index contributed by atoms with van der Waals surface area (Å²) in [6.07, 6.45) is 5.05. The molecule has 0 spiro atoms. The molecule has 0 saturated heterocycles. The fourth-order valence-corrected chi connectivity index (χ4v) is 1.96. The molecule has 0 rings (SSSR count). The van der Waals surface area contributed by atoms with Gasteiger partial charge in [-0.15, -0.1) is 0 Å². The monoisotopic (exact) mass is 186 g/mol. The first-order chi connectivity index (χ1) is 5.93. The van der Waals surface area contributed by atoms with Gasteiger partial charge >= 0.3 is 0 Å². The third-order valence-electron chi connectivity index (χ3n) is 3.47. The van der Waals surface area contributed by atoms with Crippen LogP contribution in [-0.2, 0) is 0 Å². The van der Waals surface area contributed by atoms with Crippen LogP contribution in [0.3, 0.4) is 0 Å². The molecule has 0 aliphatic rings. The van der Waals surface area contributed by atoms with Crippen molar-refractivity contribution in [2.75, 3.05) is 0 Å². The summed E-state index contributed by atoms with van der Waals surface area (Å²) in [5.74, 6) is 0. The minimum atomic E-state index is -0.453. The van der Waals surface area contributed by atoms with E-state index in [2.05, 4.69) is 34.6 Å². The average molecular weight is 186 g/mol. The summed E-state index contributed by atoms with van der Waals surface area (Å²) in [6.45, 7) is 10.8. The third kappa shape index (κ3) is 2.98. The van der Waals surface area contributed by atoms with E-state index in [1.807, 2.05) is 0 Å². The van der Waals surface area contributed by atoms with Crippen molar-refractivity contribution in [3.8, 4) is 0 Å². The average Bonchev–Trinajstić information content (AvgIpc) is 2.05. The van der Waals surface area contributed by atoms with Crippen LogP contribution in [0.2, 0.25) is 0 Å². The Morgan fingerprint density at radius 3 is 1.54 bits per heavy atom. The number of hydrogen-bond donors (Lipinski definition) is 1. The first-order valence-electron chi connectivity index (χ1n) is 5.66. The standard InChI is InChI=1S/C12H26O/c1-6-9-12(13,10-7-2)11(4,5)8-3/h13H,6-10H2,1-5H3. The second kappa shape index (κ2) is 4.99. The van der Waals surface area contributed by atoms with Crippen LogP contribution >= 0.6 is 0 Å². The number of aliphatic hydroxyl groups is 1. The Hall–Kier alpha value is -0.0400. The molecule has 0 bridgehead atoms. The van der Waals surface area contributed by atoms with Crippen molar-refractivity contribution in [2.45, 2.75) is 72.3 Å². The zero-order valence-corrected chi connectivity index (χ0v) is 9.98. The molecule has 0 aromatic heterocycles. The van der Waals surface area contributed by atoms with Gasteiger partial charge in [0, 0.05) is 0 Å². The van der Waals surface area contributed by atoms with E-state index in [0.717, 1.165) is 32.1 Å². The van der Waals surface area contributed by atoms with Gasteiger partial charge in [0.1, 0.15) is 0 Å². The Morgan fingerprint density at radius 2 is 1.31 bits per heavy atom. The molecule has 1 nitrogen and oxygen atoms in total. The predicted octanol–water partition coefficient (Wildman–Crippen LogP) is 3.75. The minimum Gasteiger partial charge on any atom is -0.389 e. The first-order valence-corrected chi connectivity index (χ1v) is 5.66.